The van der Waals surface area contributed by atoms with E-state index in [1.165, 1.54) is 5.56 Å². The second kappa shape index (κ2) is 5.61. The molecule has 3 N–H and O–H groups in total. The van der Waals surface area contributed by atoms with Crippen LogP contribution >= 0.6 is 0 Å². The van der Waals surface area contributed by atoms with Crippen molar-refractivity contribution >= 4 is 29.6 Å². The predicted octanol–water partition coefficient (Wildman–Crippen LogP) is 0.245. The molecule has 2 nitrogen and oxygen atoms in total. The second-order valence-electron chi connectivity index (χ2n) is 2.21. The zero-order valence-corrected chi connectivity index (χ0v) is 5.75. The summed E-state index contributed by atoms with van der Waals surface area (Å²) in [6.45, 7) is 0.658. The third-order valence-corrected chi connectivity index (χ3v) is 1.37. The van der Waals surface area contributed by atoms with Crippen LogP contribution in [0.15, 0.2) is 24.3 Å². The number of hydrogen-bond acceptors (Lipinski definition) is 2. The van der Waals surface area contributed by atoms with Crippen molar-refractivity contribution in [1.29, 1.82) is 0 Å². The maximum atomic E-state index is 8.89. The number of rotatable bonds is 2. The molecule has 0 fully saturated rings. The molecule has 0 aliphatic carbocycles. The summed E-state index contributed by atoms with van der Waals surface area (Å²) in [4.78, 5) is 0. The Morgan fingerprint density at radius 1 is 1.18 bits per heavy atom. The maximum absolute atomic E-state index is 8.89. The van der Waals surface area contributed by atoms with E-state index in [4.69, 9.17) is 10.8 Å². The monoisotopic (exact) mass is 161 g/mol. The molecule has 0 aromatic heterocycles. The van der Waals surface area contributed by atoms with E-state index in [0.29, 0.717) is 12.3 Å². The van der Waals surface area contributed by atoms with Crippen molar-refractivity contribution in [3.05, 3.63) is 29.8 Å². The van der Waals surface area contributed by atoms with Crippen LogP contribution in [-0.4, -0.2) is 41.2 Å². The molecule has 0 unspecified atom stereocenters. The predicted molar refractivity (Wildman–Crippen MR) is 48.0 cm³/mol. The van der Waals surface area contributed by atoms with E-state index in [-0.39, 0.29) is 29.6 Å². The first-order chi connectivity index (χ1) is 4.83. The molecular formula is C8H12NNaO. The van der Waals surface area contributed by atoms with Crippen LogP contribution in [0.4, 0.5) is 0 Å². The quantitative estimate of drug-likeness (QED) is 0.610. The SMILES string of the molecule is NCCc1ccc(O)cc1.[NaH]. The summed E-state index contributed by atoms with van der Waals surface area (Å²) in [6.07, 6.45) is 0.875. The van der Waals surface area contributed by atoms with Gasteiger partial charge in [-0.15, -0.1) is 0 Å². The summed E-state index contributed by atoms with van der Waals surface area (Å²) in [6, 6.07) is 7.10. The molecule has 0 aliphatic rings. The summed E-state index contributed by atoms with van der Waals surface area (Å²) in [5.74, 6) is 0.306. The first-order valence-corrected chi connectivity index (χ1v) is 3.31. The molecule has 1 aromatic carbocycles. The molecule has 0 saturated heterocycles. The third kappa shape index (κ3) is 3.77. The van der Waals surface area contributed by atoms with E-state index in [0.717, 1.165) is 6.42 Å². The van der Waals surface area contributed by atoms with Crippen LogP contribution in [0.1, 0.15) is 5.56 Å². The zero-order valence-electron chi connectivity index (χ0n) is 5.75. The fourth-order valence-corrected chi connectivity index (χ4v) is 0.829. The number of benzene rings is 1. The molecule has 0 aliphatic heterocycles. The minimum absolute atomic E-state index is 0. The molecule has 1 aromatic rings. The Balaban J connectivity index is 0.000001000. The summed E-state index contributed by atoms with van der Waals surface area (Å²) >= 11 is 0. The molecule has 0 bridgehead atoms. The average molecular weight is 161 g/mol. The third-order valence-electron chi connectivity index (χ3n) is 1.37. The molecule has 0 saturated carbocycles. The molecule has 0 radical (unpaired) electrons. The van der Waals surface area contributed by atoms with Crippen molar-refractivity contribution in [2.24, 2.45) is 5.73 Å². The molecule has 11 heavy (non-hydrogen) atoms. The minimum atomic E-state index is 0. The van der Waals surface area contributed by atoms with Gasteiger partial charge in [-0.3, -0.25) is 0 Å². The van der Waals surface area contributed by atoms with Gasteiger partial charge in [0.1, 0.15) is 5.75 Å². The summed E-state index contributed by atoms with van der Waals surface area (Å²) < 4.78 is 0. The Hall–Kier alpha value is -0.0200. The number of phenols is 1. The fourth-order valence-electron chi connectivity index (χ4n) is 0.829. The van der Waals surface area contributed by atoms with Gasteiger partial charge in [-0.25, -0.2) is 0 Å². The Morgan fingerprint density at radius 3 is 2.18 bits per heavy atom. The van der Waals surface area contributed by atoms with Crippen molar-refractivity contribution in [3.63, 3.8) is 0 Å². The second-order valence-corrected chi connectivity index (χ2v) is 2.21. The van der Waals surface area contributed by atoms with Gasteiger partial charge < -0.3 is 10.8 Å². The van der Waals surface area contributed by atoms with E-state index in [9.17, 15) is 0 Å². The topological polar surface area (TPSA) is 46.2 Å². The first kappa shape index (κ1) is 11.0. The van der Waals surface area contributed by atoms with Crippen LogP contribution in [0.5, 0.6) is 5.75 Å². The van der Waals surface area contributed by atoms with Crippen LogP contribution in [-0.2, 0) is 6.42 Å². The Kier molecular flexibility index (Phi) is 5.60. The molecule has 1 rings (SSSR count). The van der Waals surface area contributed by atoms with Crippen LogP contribution in [0.3, 0.4) is 0 Å². The van der Waals surface area contributed by atoms with Crippen molar-refractivity contribution in [1.82, 2.24) is 0 Å². The number of nitrogens with two attached hydrogens (primary N) is 1. The molecule has 0 spiro atoms. The van der Waals surface area contributed by atoms with Gasteiger partial charge >= 0.3 is 29.6 Å². The fraction of sp³-hybridized carbons (Fsp3) is 0.250. The van der Waals surface area contributed by atoms with Crippen molar-refractivity contribution < 1.29 is 5.11 Å². The van der Waals surface area contributed by atoms with Gasteiger partial charge in [-0.2, -0.15) is 0 Å². The van der Waals surface area contributed by atoms with Crippen molar-refractivity contribution in [2.45, 2.75) is 6.42 Å². The van der Waals surface area contributed by atoms with Gasteiger partial charge in [0.15, 0.2) is 0 Å². The van der Waals surface area contributed by atoms with Gasteiger partial charge in [-0.1, -0.05) is 12.1 Å². The van der Waals surface area contributed by atoms with Gasteiger partial charge in [0.25, 0.3) is 0 Å². The van der Waals surface area contributed by atoms with Gasteiger partial charge in [-0.05, 0) is 30.7 Å². The molecule has 3 heteroatoms. The van der Waals surface area contributed by atoms with Crippen LogP contribution in [0.25, 0.3) is 0 Å². The van der Waals surface area contributed by atoms with E-state index in [2.05, 4.69) is 0 Å². The number of hydrogen-bond donors (Lipinski definition) is 2. The molecular weight excluding hydrogens is 149 g/mol. The standard InChI is InChI=1S/C8H11NO.Na.H/c9-6-5-7-1-3-8(10)4-2-7;;/h1-4,10H,5-6,9H2;;. The van der Waals surface area contributed by atoms with Crippen molar-refractivity contribution in [2.75, 3.05) is 6.54 Å². The van der Waals surface area contributed by atoms with Gasteiger partial charge in [0, 0.05) is 0 Å². The van der Waals surface area contributed by atoms with E-state index in [1.807, 2.05) is 12.1 Å². The molecule has 0 heterocycles. The zero-order chi connectivity index (χ0) is 7.40. The summed E-state index contributed by atoms with van der Waals surface area (Å²) in [5.41, 5.74) is 6.50. The van der Waals surface area contributed by atoms with Gasteiger partial charge in [0.2, 0.25) is 0 Å². The Morgan fingerprint density at radius 2 is 1.73 bits per heavy atom. The van der Waals surface area contributed by atoms with Crippen molar-refractivity contribution in [3.8, 4) is 5.75 Å². The number of aromatic hydroxyl groups is 1. The molecule has 0 atom stereocenters. The van der Waals surface area contributed by atoms with Crippen LogP contribution in [0, 0.1) is 0 Å². The van der Waals surface area contributed by atoms with Crippen LogP contribution in [0.2, 0.25) is 0 Å². The summed E-state index contributed by atoms with van der Waals surface area (Å²) in [5, 5.41) is 8.89. The van der Waals surface area contributed by atoms with Gasteiger partial charge in [0.05, 0.1) is 0 Å². The first-order valence-electron chi connectivity index (χ1n) is 3.31. The Bertz CT molecular complexity index is 198. The van der Waals surface area contributed by atoms with Crippen LogP contribution < -0.4 is 5.73 Å². The van der Waals surface area contributed by atoms with E-state index >= 15 is 0 Å². The average Bonchev–Trinajstić information content (AvgIpc) is 1.95. The van der Waals surface area contributed by atoms with E-state index in [1.54, 1.807) is 12.1 Å². The Labute approximate surface area is 88.7 Å². The molecule has 0 amide bonds. The summed E-state index contributed by atoms with van der Waals surface area (Å²) in [7, 11) is 0. The normalized spacial score (nSPS) is 8.82. The van der Waals surface area contributed by atoms with E-state index < -0.39 is 0 Å². The molecule has 56 valence electrons. The number of phenolic OH excluding ortho intramolecular Hbond substituents is 1.